The number of fused-ring (bicyclic) bond motifs is 1. The van der Waals surface area contributed by atoms with Crippen LogP contribution in [-0.2, 0) is 9.59 Å². The molecule has 5 N–H and O–H groups in total. The van der Waals surface area contributed by atoms with Crippen LogP contribution < -0.4 is 5.73 Å². The molecule has 2 atom stereocenters. The van der Waals surface area contributed by atoms with Gasteiger partial charge in [-0.15, -0.1) is 11.8 Å². The summed E-state index contributed by atoms with van der Waals surface area (Å²) in [6.45, 7) is 1.58. The fourth-order valence-electron chi connectivity index (χ4n) is 2.68. The first-order valence-electron chi connectivity index (χ1n) is 6.48. The van der Waals surface area contributed by atoms with Gasteiger partial charge in [0.15, 0.2) is 11.5 Å². The number of thioether (sulfide) groups is 1. The molecule has 22 heavy (non-hydrogen) atoms. The number of phenols is 2. The van der Waals surface area contributed by atoms with E-state index in [2.05, 4.69) is 0 Å². The Bertz CT molecular complexity index is 728. The van der Waals surface area contributed by atoms with Crippen LogP contribution in [0.4, 0.5) is 0 Å². The van der Waals surface area contributed by atoms with E-state index in [1.807, 2.05) is 0 Å². The van der Waals surface area contributed by atoms with Gasteiger partial charge in [-0.2, -0.15) is 0 Å². The van der Waals surface area contributed by atoms with Crippen molar-refractivity contribution in [3.05, 3.63) is 29.5 Å². The molecule has 0 spiro atoms. The molecule has 1 saturated heterocycles. The number of amides is 1. The molecule has 0 radical (unpaired) electrons. The van der Waals surface area contributed by atoms with Crippen LogP contribution in [0.1, 0.15) is 12.5 Å². The molecular weight excluding hydrogens is 308 g/mol. The second-order valence-electron chi connectivity index (χ2n) is 5.46. The zero-order valence-corrected chi connectivity index (χ0v) is 12.4. The van der Waals surface area contributed by atoms with Crippen molar-refractivity contribution in [3.8, 4) is 11.5 Å². The largest absolute Gasteiger partial charge is 0.504 e. The van der Waals surface area contributed by atoms with Crippen molar-refractivity contribution in [3.63, 3.8) is 0 Å². The molecule has 3 rings (SSSR count). The molecule has 0 saturated carbocycles. The lowest BCUT2D eigenvalue weighted by Crippen LogP contribution is -2.76. The Morgan fingerprint density at radius 1 is 1.41 bits per heavy atom. The van der Waals surface area contributed by atoms with Gasteiger partial charge in [-0.1, -0.05) is 6.07 Å². The molecule has 8 heteroatoms. The van der Waals surface area contributed by atoms with E-state index in [-0.39, 0.29) is 17.2 Å². The van der Waals surface area contributed by atoms with Gasteiger partial charge in [0.05, 0.1) is 0 Å². The summed E-state index contributed by atoms with van der Waals surface area (Å²) in [5.41, 5.74) is 5.56. The fraction of sp³-hybridized carbons (Fsp3) is 0.286. The van der Waals surface area contributed by atoms with E-state index in [1.165, 1.54) is 34.9 Å². The van der Waals surface area contributed by atoms with Crippen LogP contribution in [0.15, 0.2) is 23.9 Å². The summed E-state index contributed by atoms with van der Waals surface area (Å²) in [5, 5.41) is 28.0. The number of phenolic OH excluding ortho intramolecular Hbond substituents is 2. The van der Waals surface area contributed by atoms with Crippen LogP contribution >= 0.6 is 11.8 Å². The van der Waals surface area contributed by atoms with Crippen LogP contribution in [-0.4, -0.2) is 48.8 Å². The van der Waals surface area contributed by atoms with Gasteiger partial charge in [-0.05, 0) is 24.6 Å². The number of β-lactam (4-membered cyclic amide) rings is 1. The van der Waals surface area contributed by atoms with Crippen molar-refractivity contribution in [2.24, 2.45) is 5.73 Å². The summed E-state index contributed by atoms with van der Waals surface area (Å²) < 4.78 is 0. The Balaban J connectivity index is 2.12. The van der Waals surface area contributed by atoms with Gasteiger partial charge in [-0.25, -0.2) is 4.79 Å². The van der Waals surface area contributed by atoms with E-state index in [0.29, 0.717) is 16.9 Å². The summed E-state index contributed by atoms with van der Waals surface area (Å²) in [7, 11) is 0. The highest BCUT2D eigenvalue weighted by molar-refractivity contribution is 8.00. The number of rotatable bonds is 2. The van der Waals surface area contributed by atoms with Gasteiger partial charge in [0.25, 0.3) is 5.91 Å². The number of carbonyl (C=O) groups excluding carboxylic acids is 1. The lowest BCUT2D eigenvalue weighted by Gasteiger charge is -2.54. The Morgan fingerprint density at radius 2 is 2.09 bits per heavy atom. The predicted octanol–water partition coefficient (Wildman–Crippen LogP) is 0.526. The van der Waals surface area contributed by atoms with E-state index in [1.54, 1.807) is 6.92 Å². The molecule has 1 aromatic carbocycles. The molecule has 1 amide bonds. The molecule has 1 unspecified atom stereocenters. The molecule has 2 aliphatic rings. The zero-order chi connectivity index (χ0) is 16.2. The highest BCUT2D eigenvalue weighted by Crippen LogP contribution is 2.47. The van der Waals surface area contributed by atoms with E-state index >= 15 is 0 Å². The minimum atomic E-state index is -1.23. The molecular formula is C14H14N2O5S. The molecule has 116 valence electrons. The Labute approximate surface area is 130 Å². The highest BCUT2D eigenvalue weighted by Gasteiger charge is 2.59. The van der Waals surface area contributed by atoms with E-state index < -0.39 is 22.8 Å². The molecule has 0 aromatic heterocycles. The van der Waals surface area contributed by atoms with Crippen molar-refractivity contribution in [1.82, 2.24) is 4.90 Å². The van der Waals surface area contributed by atoms with Gasteiger partial charge in [0.1, 0.15) is 16.6 Å². The third-order valence-corrected chi connectivity index (χ3v) is 5.34. The summed E-state index contributed by atoms with van der Waals surface area (Å²) in [6, 6.07) is 4.05. The standard InChI is InChI=1S/C14H14N2O5S/c1-14(15)12(21)16-10(11(19)20)7(5-22-13(14)16)6-2-3-8(17)9(18)4-6/h2-4,13,17-18H,5,15H2,1H3,(H,19,20)/t13-,14?/m0/s1. The molecule has 1 fully saturated rings. The van der Waals surface area contributed by atoms with Crippen molar-refractivity contribution in [2.75, 3.05) is 5.75 Å². The van der Waals surface area contributed by atoms with Gasteiger partial charge in [0, 0.05) is 11.3 Å². The Hall–Kier alpha value is -2.19. The maximum atomic E-state index is 12.1. The number of hydrogen-bond donors (Lipinski definition) is 4. The fourth-order valence-corrected chi connectivity index (χ4v) is 4.10. The number of hydrogen-bond acceptors (Lipinski definition) is 6. The van der Waals surface area contributed by atoms with Gasteiger partial charge < -0.3 is 21.1 Å². The quantitative estimate of drug-likeness (QED) is 0.462. The maximum Gasteiger partial charge on any atom is 0.352 e. The smallest absolute Gasteiger partial charge is 0.352 e. The third-order valence-electron chi connectivity index (χ3n) is 3.87. The molecule has 0 aliphatic carbocycles. The normalized spacial score (nSPS) is 27.5. The van der Waals surface area contributed by atoms with Crippen molar-refractivity contribution in [1.29, 1.82) is 0 Å². The van der Waals surface area contributed by atoms with Gasteiger partial charge in [0.2, 0.25) is 0 Å². The van der Waals surface area contributed by atoms with Gasteiger partial charge >= 0.3 is 5.97 Å². The summed E-state index contributed by atoms with van der Waals surface area (Å²) >= 11 is 1.37. The number of carboxylic acid groups (broad SMARTS) is 1. The third kappa shape index (κ3) is 1.87. The molecule has 2 heterocycles. The SMILES string of the molecule is CC1(N)C(=O)N2C(C(=O)O)=C(c3ccc(O)c(O)c3)CS[C@H]21. The molecule has 7 nitrogen and oxygen atoms in total. The topological polar surface area (TPSA) is 124 Å². The number of aromatic hydroxyl groups is 2. The molecule has 0 bridgehead atoms. The highest BCUT2D eigenvalue weighted by atomic mass is 32.2. The van der Waals surface area contributed by atoms with Crippen LogP contribution in [0.3, 0.4) is 0 Å². The van der Waals surface area contributed by atoms with Crippen molar-refractivity contribution < 1.29 is 24.9 Å². The van der Waals surface area contributed by atoms with E-state index in [9.17, 15) is 24.9 Å². The predicted molar refractivity (Wildman–Crippen MR) is 80.0 cm³/mol. The van der Waals surface area contributed by atoms with Crippen LogP contribution in [0, 0.1) is 0 Å². The van der Waals surface area contributed by atoms with Crippen LogP contribution in [0.2, 0.25) is 0 Å². The average molecular weight is 322 g/mol. The maximum absolute atomic E-state index is 12.1. The first kappa shape index (κ1) is 14.7. The van der Waals surface area contributed by atoms with Crippen LogP contribution in [0.5, 0.6) is 11.5 Å². The molecule has 1 aromatic rings. The Morgan fingerprint density at radius 3 is 2.68 bits per heavy atom. The second-order valence-corrected chi connectivity index (χ2v) is 6.53. The average Bonchev–Trinajstić information content (AvgIpc) is 2.48. The monoisotopic (exact) mass is 322 g/mol. The number of carbonyl (C=O) groups is 2. The van der Waals surface area contributed by atoms with Crippen LogP contribution in [0.25, 0.3) is 5.57 Å². The first-order valence-corrected chi connectivity index (χ1v) is 7.53. The lowest BCUT2D eigenvalue weighted by molar-refractivity contribution is -0.153. The van der Waals surface area contributed by atoms with Gasteiger partial charge in [-0.3, -0.25) is 9.69 Å². The van der Waals surface area contributed by atoms with E-state index in [0.717, 1.165) is 0 Å². The molecule has 2 aliphatic heterocycles. The minimum Gasteiger partial charge on any atom is -0.504 e. The van der Waals surface area contributed by atoms with E-state index in [4.69, 9.17) is 5.73 Å². The number of nitrogens with zero attached hydrogens (tertiary/aromatic N) is 1. The number of aliphatic carboxylic acids is 1. The van der Waals surface area contributed by atoms with Crippen molar-refractivity contribution in [2.45, 2.75) is 17.8 Å². The second kappa shape index (κ2) is 4.65. The number of nitrogens with two attached hydrogens (primary N) is 1. The minimum absolute atomic E-state index is 0.123. The lowest BCUT2D eigenvalue weighted by atomic mass is 9.89. The number of benzene rings is 1. The van der Waals surface area contributed by atoms with Crippen molar-refractivity contribution >= 4 is 29.2 Å². The summed E-state index contributed by atoms with van der Waals surface area (Å²) in [4.78, 5) is 24.9. The number of carboxylic acids is 1. The summed E-state index contributed by atoms with van der Waals surface area (Å²) in [5.74, 6) is -1.97. The zero-order valence-electron chi connectivity index (χ0n) is 11.6. The Kier molecular flexibility index (Phi) is 3.12. The summed E-state index contributed by atoms with van der Waals surface area (Å²) in [6.07, 6.45) is 0. The first-order chi connectivity index (χ1) is 10.2.